The second-order valence-electron chi connectivity index (χ2n) is 2.82. The van der Waals surface area contributed by atoms with Gasteiger partial charge in [-0.3, -0.25) is 0 Å². The number of hydrogen-bond acceptors (Lipinski definition) is 4. The third-order valence-corrected chi connectivity index (χ3v) is 1.83. The van der Waals surface area contributed by atoms with Crippen LogP contribution in [0.4, 0.5) is 0 Å². The van der Waals surface area contributed by atoms with E-state index >= 15 is 0 Å². The molecule has 0 aromatic rings. The van der Waals surface area contributed by atoms with E-state index < -0.39 is 18.0 Å². The van der Waals surface area contributed by atoms with Gasteiger partial charge in [0.1, 0.15) is 0 Å². The zero-order valence-corrected chi connectivity index (χ0v) is 7.86. The molecule has 0 aliphatic carbocycles. The number of carbonyl (C=O) groups excluding carboxylic acids is 1. The van der Waals surface area contributed by atoms with Crippen molar-refractivity contribution in [3.8, 4) is 0 Å². The van der Waals surface area contributed by atoms with Gasteiger partial charge in [-0.1, -0.05) is 6.08 Å². The van der Waals surface area contributed by atoms with Gasteiger partial charge >= 0.3 is 11.9 Å². The summed E-state index contributed by atoms with van der Waals surface area (Å²) in [5.41, 5.74) is 0.393. The predicted molar refractivity (Wildman–Crippen MR) is 46.7 cm³/mol. The molecule has 0 saturated carbocycles. The van der Waals surface area contributed by atoms with Gasteiger partial charge in [-0.25, -0.2) is 9.59 Å². The maximum atomic E-state index is 11.2. The molecule has 1 unspecified atom stereocenters. The highest BCUT2D eigenvalue weighted by Gasteiger charge is 2.24. The lowest BCUT2D eigenvalue weighted by Crippen LogP contribution is -2.29. The molecular weight excluding hydrogens is 188 g/mol. The Balaban J connectivity index is 2.52. The number of esters is 1. The fourth-order valence-electron chi connectivity index (χ4n) is 1.10. The van der Waals surface area contributed by atoms with Crippen LogP contribution in [0.3, 0.4) is 0 Å². The van der Waals surface area contributed by atoms with Crippen molar-refractivity contribution in [3.63, 3.8) is 0 Å². The monoisotopic (exact) mass is 200 g/mol. The molecule has 1 rings (SSSR count). The number of rotatable bonds is 3. The van der Waals surface area contributed by atoms with Crippen molar-refractivity contribution in [1.29, 1.82) is 0 Å². The molecule has 5 nitrogen and oxygen atoms in total. The lowest BCUT2D eigenvalue weighted by Gasteiger charge is -2.18. The lowest BCUT2D eigenvalue weighted by molar-refractivity contribution is -0.152. The molecule has 0 amide bonds. The fraction of sp³-hybridized carbons (Fsp3) is 0.556. The van der Waals surface area contributed by atoms with Crippen LogP contribution in [0.15, 0.2) is 11.6 Å². The van der Waals surface area contributed by atoms with Gasteiger partial charge in [0, 0.05) is 6.42 Å². The van der Waals surface area contributed by atoms with Crippen LogP contribution in [0, 0.1) is 0 Å². The van der Waals surface area contributed by atoms with Crippen LogP contribution in [0.25, 0.3) is 0 Å². The van der Waals surface area contributed by atoms with E-state index in [4.69, 9.17) is 14.6 Å². The molecule has 1 aliphatic heterocycles. The van der Waals surface area contributed by atoms with Crippen LogP contribution >= 0.6 is 0 Å². The molecule has 1 aliphatic rings. The second kappa shape index (κ2) is 4.76. The molecule has 1 atom stereocenters. The third kappa shape index (κ3) is 2.56. The SMILES string of the molecule is CCOC(=O)C1=CCC(C(=O)O)OC1. The molecule has 0 bridgehead atoms. The molecule has 1 heterocycles. The predicted octanol–water partition coefficient (Wildman–Crippen LogP) is 0.349. The Hall–Kier alpha value is -1.36. The average molecular weight is 200 g/mol. The summed E-state index contributed by atoms with van der Waals surface area (Å²) in [7, 11) is 0. The Morgan fingerprint density at radius 2 is 2.43 bits per heavy atom. The summed E-state index contributed by atoms with van der Waals surface area (Å²) in [4.78, 5) is 21.6. The molecule has 0 fully saturated rings. The highest BCUT2D eigenvalue weighted by molar-refractivity contribution is 5.89. The number of carbonyl (C=O) groups is 2. The molecule has 0 spiro atoms. The topological polar surface area (TPSA) is 72.8 Å². The Morgan fingerprint density at radius 1 is 1.71 bits per heavy atom. The fourth-order valence-corrected chi connectivity index (χ4v) is 1.10. The van der Waals surface area contributed by atoms with Crippen molar-refractivity contribution < 1.29 is 24.2 Å². The Bertz CT molecular complexity index is 268. The maximum Gasteiger partial charge on any atom is 0.336 e. The molecule has 14 heavy (non-hydrogen) atoms. The first-order chi connectivity index (χ1) is 6.65. The second-order valence-corrected chi connectivity index (χ2v) is 2.82. The van der Waals surface area contributed by atoms with E-state index in [0.29, 0.717) is 12.2 Å². The first-order valence-electron chi connectivity index (χ1n) is 4.35. The van der Waals surface area contributed by atoms with Crippen molar-refractivity contribution in [2.45, 2.75) is 19.4 Å². The highest BCUT2D eigenvalue weighted by Crippen LogP contribution is 2.13. The molecule has 0 saturated heterocycles. The molecule has 78 valence electrons. The van der Waals surface area contributed by atoms with Crippen LogP contribution in [-0.4, -0.2) is 36.4 Å². The number of ether oxygens (including phenoxy) is 2. The first kappa shape index (κ1) is 10.7. The smallest absolute Gasteiger partial charge is 0.336 e. The summed E-state index contributed by atoms with van der Waals surface area (Å²) in [5.74, 6) is -1.44. The third-order valence-electron chi connectivity index (χ3n) is 1.83. The standard InChI is InChI=1S/C9H12O5/c1-2-13-9(12)6-3-4-7(8(10)11)14-5-6/h3,7H,2,4-5H2,1H3,(H,10,11). The van der Waals surface area contributed by atoms with Gasteiger partial charge in [0.2, 0.25) is 0 Å². The summed E-state index contributed by atoms with van der Waals surface area (Å²) >= 11 is 0. The van der Waals surface area contributed by atoms with E-state index in [-0.39, 0.29) is 13.0 Å². The number of aliphatic carboxylic acids is 1. The van der Waals surface area contributed by atoms with E-state index in [1.165, 1.54) is 0 Å². The van der Waals surface area contributed by atoms with Crippen molar-refractivity contribution in [3.05, 3.63) is 11.6 Å². The summed E-state index contributed by atoms with van der Waals surface area (Å²) in [5, 5.41) is 8.60. The normalized spacial score (nSPS) is 21.2. The van der Waals surface area contributed by atoms with Gasteiger partial charge in [-0.15, -0.1) is 0 Å². The van der Waals surface area contributed by atoms with E-state index in [2.05, 4.69) is 0 Å². The molecule has 0 radical (unpaired) electrons. The number of carboxylic acids is 1. The van der Waals surface area contributed by atoms with Crippen molar-refractivity contribution in [2.75, 3.05) is 13.2 Å². The minimum Gasteiger partial charge on any atom is -0.479 e. The largest absolute Gasteiger partial charge is 0.479 e. The maximum absolute atomic E-state index is 11.2. The lowest BCUT2D eigenvalue weighted by atomic mass is 10.1. The first-order valence-corrected chi connectivity index (χ1v) is 4.35. The van der Waals surface area contributed by atoms with Crippen molar-refractivity contribution in [1.82, 2.24) is 0 Å². The molecule has 5 heteroatoms. The van der Waals surface area contributed by atoms with Gasteiger partial charge in [-0.2, -0.15) is 0 Å². The quantitative estimate of drug-likeness (QED) is 0.665. The van der Waals surface area contributed by atoms with Crippen molar-refractivity contribution >= 4 is 11.9 Å². The Morgan fingerprint density at radius 3 is 2.86 bits per heavy atom. The summed E-state index contributed by atoms with van der Waals surface area (Å²) < 4.78 is 9.69. The van der Waals surface area contributed by atoms with Crippen LogP contribution < -0.4 is 0 Å². The van der Waals surface area contributed by atoms with Crippen molar-refractivity contribution in [2.24, 2.45) is 0 Å². The minimum absolute atomic E-state index is 0.00972. The highest BCUT2D eigenvalue weighted by atomic mass is 16.5. The van der Waals surface area contributed by atoms with E-state index in [9.17, 15) is 9.59 Å². The van der Waals surface area contributed by atoms with Gasteiger partial charge in [0.05, 0.1) is 18.8 Å². The van der Waals surface area contributed by atoms with Gasteiger partial charge < -0.3 is 14.6 Å². The van der Waals surface area contributed by atoms with Crippen LogP contribution in [0.1, 0.15) is 13.3 Å². The summed E-state index contributed by atoms with van der Waals surface area (Å²) in [6.07, 6.45) is 0.928. The summed E-state index contributed by atoms with van der Waals surface area (Å²) in [6, 6.07) is 0. The van der Waals surface area contributed by atoms with Gasteiger partial charge in [0.15, 0.2) is 6.10 Å². The molecule has 1 N–H and O–H groups in total. The molecule has 0 aromatic heterocycles. The molecular formula is C9H12O5. The summed E-state index contributed by atoms with van der Waals surface area (Å²) in [6.45, 7) is 2.02. The van der Waals surface area contributed by atoms with Crippen LogP contribution in [0.2, 0.25) is 0 Å². The van der Waals surface area contributed by atoms with E-state index in [0.717, 1.165) is 0 Å². The zero-order chi connectivity index (χ0) is 10.6. The van der Waals surface area contributed by atoms with E-state index in [1.807, 2.05) is 0 Å². The van der Waals surface area contributed by atoms with Gasteiger partial charge in [0.25, 0.3) is 0 Å². The number of carboxylic acid groups (broad SMARTS) is 1. The zero-order valence-electron chi connectivity index (χ0n) is 7.86. The Kier molecular flexibility index (Phi) is 3.64. The van der Waals surface area contributed by atoms with Crippen LogP contribution in [-0.2, 0) is 19.1 Å². The van der Waals surface area contributed by atoms with Crippen LogP contribution in [0.5, 0.6) is 0 Å². The van der Waals surface area contributed by atoms with E-state index in [1.54, 1.807) is 13.0 Å². The molecule has 0 aromatic carbocycles. The average Bonchev–Trinajstić information content (AvgIpc) is 2.18. The Labute approximate surface area is 81.3 Å². The number of hydrogen-bond donors (Lipinski definition) is 1. The minimum atomic E-state index is -1.01. The van der Waals surface area contributed by atoms with Gasteiger partial charge in [-0.05, 0) is 6.92 Å².